The first-order valence-electron chi connectivity index (χ1n) is 6.02. The van der Waals surface area contributed by atoms with Crippen molar-refractivity contribution in [3.8, 4) is 0 Å². The summed E-state index contributed by atoms with van der Waals surface area (Å²) in [6, 6.07) is 11.0. The van der Waals surface area contributed by atoms with Crippen LogP contribution in [0, 0.1) is 5.82 Å². The Kier molecular flexibility index (Phi) is 4.39. The van der Waals surface area contributed by atoms with Gasteiger partial charge < -0.3 is 10.4 Å². The molecule has 0 aliphatic rings. The summed E-state index contributed by atoms with van der Waals surface area (Å²) >= 11 is 3.26. The maximum atomic E-state index is 13.7. The van der Waals surface area contributed by atoms with Gasteiger partial charge in [-0.15, -0.1) is 0 Å². The fourth-order valence-corrected chi connectivity index (χ4v) is 2.44. The molecule has 0 saturated carbocycles. The fraction of sp³-hybridized carbons (Fsp3) is 0.133. The van der Waals surface area contributed by atoms with Gasteiger partial charge in [0.1, 0.15) is 5.82 Å². The SMILES string of the molecule is CC(Nc1cc(Br)cc(C(=O)O)c1)c1ccccc1F. The molecule has 2 rings (SSSR count). The van der Waals surface area contributed by atoms with Crippen molar-refractivity contribution in [3.63, 3.8) is 0 Å². The number of nitrogens with one attached hydrogen (secondary N) is 1. The monoisotopic (exact) mass is 337 g/mol. The number of benzene rings is 2. The molecule has 0 aliphatic heterocycles. The van der Waals surface area contributed by atoms with E-state index in [9.17, 15) is 9.18 Å². The Labute approximate surface area is 124 Å². The Morgan fingerprint density at radius 3 is 2.65 bits per heavy atom. The summed E-state index contributed by atoms with van der Waals surface area (Å²) in [5.74, 6) is -1.30. The number of anilines is 1. The van der Waals surface area contributed by atoms with Crippen LogP contribution in [0.2, 0.25) is 0 Å². The standard InChI is InChI=1S/C15H13BrFNO2/c1-9(13-4-2-3-5-14(13)17)18-12-7-10(15(19)20)6-11(16)8-12/h2-9,18H,1H3,(H,19,20). The average Bonchev–Trinajstić information content (AvgIpc) is 2.38. The Balaban J connectivity index is 2.26. The topological polar surface area (TPSA) is 49.3 Å². The Bertz CT molecular complexity index is 646. The van der Waals surface area contributed by atoms with E-state index in [0.29, 0.717) is 15.7 Å². The second kappa shape index (κ2) is 6.05. The van der Waals surface area contributed by atoms with Crippen LogP contribution >= 0.6 is 15.9 Å². The summed E-state index contributed by atoms with van der Waals surface area (Å²) in [5, 5.41) is 12.1. The number of hydrogen-bond acceptors (Lipinski definition) is 2. The van der Waals surface area contributed by atoms with Crippen LogP contribution in [-0.2, 0) is 0 Å². The van der Waals surface area contributed by atoms with E-state index in [1.165, 1.54) is 18.2 Å². The van der Waals surface area contributed by atoms with Crippen LogP contribution in [-0.4, -0.2) is 11.1 Å². The van der Waals surface area contributed by atoms with E-state index in [1.54, 1.807) is 24.3 Å². The number of aromatic carboxylic acids is 1. The molecule has 0 saturated heterocycles. The van der Waals surface area contributed by atoms with Crippen LogP contribution in [0.25, 0.3) is 0 Å². The third-order valence-corrected chi connectivity index (χ3v) is 3.36. The molecular weight excluding hydrogens is 325 g/mol. The molecule has 104 valence electrons. The van der Waals surface area contributed by atoms with E-state index in [2.05, 4.69) is 21.2 Å². The van der Waals surface area contributed by atoms with Crippen molar-refractivity contribution < 1.29 is 14.3 Å². The molecule has 0 aromatic heterocycles. The van der Waals surface area contributed by atoms with Gasteiger partial charge in [0, 0.05) is 15.7 Å². The molecule has 3 nitrogen and oxygen atoms in total. The van der Waals surface area contributed by atoms with E-state index < -0.39 is 5.97 Å². The molecule has 2 aromatic rings. The van der Waals surface area contributed by atoms with Gasteiger partial charge in [-0.05, 0) is 31.2 Å². The van der Waals surface area contributed by atoms with Gasteiger partial charge in [0.2, 0.25) is 0 Å². The molecule has 0 heterocycles. The lowest BCUT2D eigenvalue weighted by Gasteiger charge is -2.17. The zero-order valence-corrected chi connectivity index (χ0v) is 12.3. The Hall–Kier alpha value is -1.88. The van der Waals surface area contributed by atoms with Crippen molar-refractivity contribution >= 4 is 27.6 Å². The molecular formula is C15H13BrFNO2. The lowest BCUT2D eigenvalue weighted by atomic mass is 10.1. The summed E-state index contributed by atoms with van der Waals surface area (Å²) in [4.78, 5) is 11.0. The molecule has 0 spiro atoms. The molecule has 0 radical (unpaired) electrons. The molecule has 0 bridgehead atoms. The lowest BCUT2D eigenvalue weighted by Crippen LogP contribution is -2.09. The number of hydrogen-bond donors (Lipinski definition) is 2. The largest absolute Gasteiger partial charge is 0.478 e. The minimum atomic E-state index is -1.01. The minimum Gasteiger partial charge on any atom is -0.478 e. The smallest absolute Gasteiger partial charge is 0.335 e. The van der Waals surface area contributed by atoms with Crippen molar-refractivity contribution in [2.75, 3.05) is 5.32 Å². The van der Waals surface area contributed by atoms with Crippen LogP contribution in [0.4, 0.5) is 10.1 Å². The van der Waals surface area contributed by atoms with Crippen molar-refractivity contribution in [2.24, 2.45) is 0 Å². The zero-order valence-electron chi connectivity index (χ0n) is 10.7. The first-order chi connectivity index (χ1) is 9.47. The summed E-state index contributed by atoms with van der Waals surface area (Å²) in [6.07, 6.45) is 0. The summed E-state index contributed by atoms with van der Waals surface area (Å²) < 4.78 is 14.3. The van der Waals surface area contributed by atoms with Crippen LogP contribution in [0.5, 0.6) is 0 Å². The fourth-order valence-electron chi connectivity index (χ4n) is 1.95. The van der Waals surface area contributed by atoms with Gasteiger partial charge in [-0.3, -0.25) is 0 Å². The second-order valence-electron chi connectivity index (χ2n) is 4.42. The maximum Gasteiger partial charge on any atom is 0.335 e. The van der Waals surface area contributed by atoms with Gasteiger partial charge in [0.15, 0.2) is 0 Å². The molecule has 1 unspecified atom stereocenters. The highest BCUT2D eigenvalue weighted by Gasteiger charge is 2.12. The number of halogens is 2. The molecule has 0 fully saturated rings. The molecule has 5 heteroatoms. The van der Waals surface area contributed by atoms with E-state index >= 15 is 0 Å². The summed E-state index contributed by atoms with van der Waals surface area (Å²) in [6.45, 7) is 1.82. The Morgan fingerprint density at radius 1 is 1.30 bits per heavy atom. The number of carbonyl (C=O) groups is 1. The van der Waals surface area contributed by atoms with E-state index in [-0.39, 0.29) is 17.4 Å². The van der Waals surface area contributed by atoms with Gasteiger partial charge in [0.25, 0.3) is 0 Å². The van der Waals surface area contributed by atoms with Gasteiger partial charge in [-0.1, -0.05) is 34.1 Å². The summed E-state index contributed by atoms with van der Waals surface area (Å²) in [5.41, 5.74) is 1.32. The average molecular weight is 338 g/mol. The molecule has 20 heavy (non-hydrogen) atoms. The second-order valence-corrected chi connectivity index (χ2v) is 5.34. The van der Waals surface area contributed by atoms with Gasteiger partial charge in [0.05, 0.1) is 11.6 Å². The number of carboxylic acid groups (broad SMARTS) is 1. The first-order valence-corrected chi connectivity index (χ1v) is 6.81. The van der Waals surface area contributed by atoms with Crippen molar-refractivity contribution in [1.29, 1.82) is 0 Å². The normalized spacial score (nSPS) is 11.9. The third kappa shape index (κ3) is 3.36. The third-order valence-electron chi connectivity index (χ3n) is 2.90. The molecule has 0 amide bonds. The quantitative estimate of drug-likeness (QED) is 0.865. The van der Waals surface area contributed by atoms with E-state index in [1.807, 2.05) is 6.92 Å². The van der Waals surface area contributed by atoms with Crippen molar-refractivity contribution in [2.45, 2.75) is 13.0 Å². The highest BCUT2D eigenvalue weighted by Crippen LogP contribution is 2.25. The Morgan fingerprint density at radius 2 is 2.00 bits per heavy atom. The first kappa shape index (κ1) is 14.5. The van der Waals surface area contributed by atoms with Crippen LogP contribution in [0.3, 0.4) is 0 Å². The molecule has 2 N–H and O–H groups in total. The van der Waals surface area contributed by atoms with Crippen molar-refractivity contribution in [3.05, 3.63) is 63.9 Å². The maximum absolute atomic E-state index is 13.7. The number of carboxylic acids is 1. The predicted molar refractivity (Wildman–Crippen MR) is 79.5 cm³/mol. The van der Waals surface area contributed by atoms with Crippen molar-refractivity contribution in [1.82, 2.24) is 0 Å². The van der Waals surface area contributed by atoms with E-state index in [4.69, 9.17) is 5.11 Å². The van der Waals surface area contributed by atoms with Crippen LogP contribution in [0.15, 0.2) is 46.9 Å². The highest BCUT2D eigenvalue weighted by molar-refractivity contribution is 9.10. The number of rotatable bonds is 4. The molecule has 0 aliphatic carbocycles. The van der Waals surface area contributed by atoms with Gasteiger partial charge in [-0.25, -0.2) is 9.18 Å². The van der Waals surface area contributed by atoms with E-state index in [0.717, 1.165) is 0 Å². The zero-order chi connectivity index (χ0) is 14.7. The van der Waals surface area contributed by atoms with Crippen LogP contribution in [0.1, 0.15) is 28.9 Å². The summed E-state index contributed by atoms with van der Waals surface area (Å²) in [7, 11) is 0. The lowest BCUT2D eigenvalue weighted by molar-refractivity contribution is 0.0697. The van der Waals surface area contributed by atoms with Gasteiger partial charge in [-0.2, -0.15) is 0 Å². The predicted octanol–water partition coefficient (Wildman–Crippen LogP) is 4.46. The highest BCUT2D eigenvalue weighted by atomic mass is 79.9. The van der Waals surface area contributed by atoms with Gasteiger partial charge >= 0.3 is 5.97 Å². The molecule has 2 aromatic carbocycles. The van der Waals surface area contributed by atoms with Crippen LogP contribution < -0.4 is 5.32 Å². The minimum absolute atomic E-state index is 0.169. The molecule has 1 atom stereocenters.